The molecule has 1 unspecified atom stereocenters. The van der Waals surface area contributed by atoms with Crippen molar-refractivity contribution >= 4 is 22.9 Å². The van der Waals surface area contributed by atoms with Gasteiger partial charge in [0, 0.05) is 18.0 Å². The molecule has 0 saturated carbocycles. The maximum absolute atomic E-state index is 13.0. The van der Waals surface area contributed by atoms with Crippen LogP contribution in [0.25, 0.3) is 0 Å². The number of nitrogens with two attached hydrogens (primary N) is 1. The number of nitrogens with zero attached hydrogens (tertiary/aromatic N) is 3. The quantitative estimate of drug-likeness (QED) is 0.948. The third kappa shape index (κ3) is 2.23. The van der Waals surface area contributed by atoms with Crippen molar-refractivity contribution in [2.45, 2.75) is 39.3 Å². The van der Waals surface area contributed by atoms with Crippen molar-refractivity contribution in [3.63, 3.8) is 0 Å². The topological polar surface area (TPSA) is 64.2 Å². The van der Waals surface area contributed by atoms with E-state index in [0.717, 1.165) is 19.4 Å². The van der Waals surface area contributed by atoms with E-state index in [-0.39, 0.29) is 11.9 Å². The first-order chi connectivity index (χ1) is 10.2. The number of hydrogen-bond acceptors (Lipinski definition) is 4. The molecular weight excluding hydrogens is 284 g/mol. The average Bonchev–Trinajstić information content (AvgIpc) is 3.11. The summed E-state index contributed by atoms with van der Waals surface area (Å²) in [5, 5.41) is 6.30. The summed E-state index contributed by atoms with van der Waals surface area (Å²) in [5.41, 5.74) is 8.24. The Bertz CT molecular complexity index is 660. The van der Waals surface area contributed by atoms with Gasteiger partial charge >= 0.3 is 0 Å². The summed E-state index contributed by atoms with van der Waals surface area (Å²) >= 11 is 1.79. The van der Waals surface area contributed by atoms with E-state index in [0.29, 0.717) is 17.9 Å². The van der Waals surface area contributed by atoms with E-state index in [1.165, 1.54) is 10.4 Å². The molecule has 5 nitrogen and oxygen atoms in total. The van der Waals surface area contributed by atoms with Crippen LogP contribution < -0.4 is 5.73 Å². The lowest BCUT2D eigenvalue weighted by Gasteiger charge is -2.35. The predicted octanol–water partition coefficient (Wildman–Crippen LogP) is 2.70. The van der Waals surface area contributed by atoms with Crippen molar-refractivity contribution in [2.75, 3.05) is 12.3 Å². The highest BCUT2D eigenvalue weighted by Gasteiger charge is 2.33. The van der Waals surface area contributed by atoms with Crippen molar-refractivity contribution in [2.24, 2.45) is 0 Å². The van der Waals surface area contributed by atoms with E-state index in [4.69, 9.17) is 5.73 Å². The Hall–Kier alpha value is -1.82. The Balaban J connectivity index is 1.96. The van der Waals surface area contributed by atoms with Crippen LogP contribution in [0.3, 0.4) is 0 Å². The number of aryl methyl sites for hydroxylation is 1. The molecule has 0 bridgehead atoms. The summed E-state index contributed by atoms with van der Waals surface area (Å²) in [7, 11) is 0. The van der Waals surface area contributed by atoms with Crippen LogP contribution in [0.2, 0.25) is 0 Å². The first-order valence-corrected chi connectivity index (χ1v) is 8.23. The van der Waals surface area contributed by atoms with Crippen molar-refractivity contribution in [3.05, 3.63) is 33.8 Å². The average molecular weight is 304 g/mol. The van der Waals surface area contributed by atoms with Crippen LogP contribution in [0.4, 0.5) is 5.69 Å². The van der Waals surface area contributed by atoms with E-state index in [1.54, 1.807) is 22.2 Å². The van der Waals surface area contributed by atoms with Gasteiger partial charge in [0.25, 0.3) is 5.91 Å². The summed E-state index contributed by atoms with van der Waals surface area (Å²) in [4.78, 5) is 16.3. The lowest BCUT2D eigenvalue weighted by atomic mass is 9.97. The number of amides is 1. The molecule has 21 heavy (non-hydrogen) atoms. The minimum Gasteiger partial charge on any atom is -0.396 e. The smallest absolute Gasteiger partial charge is 0.274 e. The van der Waals surface area contributed by atoms with Crippen molar-refractivity contribution in [1.29, 1.82) is 0 Å². The van der Waals surface area contributed by atoms with E-state index in [1.807, 2.05) is 11.8 Å². The number of nitrogen functional groups attached to an aromatic ring is 1. The highest BCUT2D eigenvalue weighted by molar-refractivity contribution is 7.10. The molecular formula is C15H20N4OS. The number of carbonyl (C=O) groups is 1. The Labute approximate surface area is 128 Å². The molecule has 1 amide bonds. The first-order valence-electron chi connectivity index (χ1n) is 7.35. The molecule has 2 aromatic heterocycles. The second-order valence-electron chi connectivity index (χ2n) is 5.24. The van der Waals surface area contributed by atoms with Gasteiger partial charge < -0.3 is 10.6 Å². The lowest BCUT2D eigenvalue weighted by molar-refractivity contribution is 0.0646. The van der Waals surface area contributed by atoms with Gasteiger partial charge in [0.15, 0.2) is 0 Å². The normalized spacial score (nSPS) is 17.8. The van der Waals surface area contributed by atoms with Gasteiger partial charge in [0.2, 0.25) is 0 Å². The predicted molar refractivity (Wildman–Crippen MR) is 84.4 cm³/mol. The van der Waals surface area contributed by atoms with Crippen LogP contribution >= 0.6 is 11.3 Å². The van der Waals surface area contributed by atoms with Crippen LogP contribution in [0.5, 0.6) is 0 Å². The fourth-order valence-electron chi connectivity index (χ4n) is 3.09. The number of fused-ring (bicyclic) bond motifs is 1. The van der Waals surface area contributed by atoms with E-state index < -0.39 is 0 Å². The zero-order chi connectivity index (χ0) is 15.0. The Morgan fingerprint density at radius 2 is 2.33 bits per heavy atom. The highest BCUT2D eigenvalue weighted by atomic mass is 32.1. The van der Waals surface area contributed by atoms with Crippen LogP contribution in [0.1, 0.15) is 47.2 Å². The summed E-state index contributed by atoms with van der Waals surface area (Å²) in [6.45, 7) is 5.48. The third-order valence-corrected chi connectivity index (χ3v) is 5.11. The maximum atomic E-state index is 13.0. The second-order valence-corrected chi connectivity index (χ2v) is 6.24. The monoisotopic (exact) mass is 304 g/mol. The molecule has 3 heterocycles. The number of carbonyl (C=O) groups excluding carboxylic acids is 1. The van der Waals surface area contributed by atoms with Gasteiger partial charge in [-0.05, 0) is 36.8 Å². The molecule has 6 heteroatoms. The minimum atomic E-state index is -0.00412. The molecule has 0 fully saturated rings. The molecule has 0 aromatic carbocycles. The third-order valence-electron chi connectivity index (χ3n) is 4.11. The zero-order valence-corrected chi connectivity index (χ0v) is 13.2. The van der Waals surface area contributed by atoms with Crippen LogP contribution in [-0.4, -0.2) is 27.1 Å². The fourth-order valence-corrected chi connectivity index (χ4v) is 4.02. The van der Waals surface area contributed by atoms with Crippen molar-refractivity contribution in [1.82, 2.24) is 14.7 Å². The molecule has 1 aliphatic rings. The van der Waals surface area contributed by atoms with Gasteiger partial charge in [0.1, 0.15) is 5.69 Å². The molecule has 112 valence electrons. The van der Waals surface area contributed by atoms with Gasteiger partial charge in [-0.3, -0.25) is 9.48 Å². The van der Waals surface area contributed by atoms with Gasteiger partial charge in [-0.1, -0.05) is 6.92 Å². The lowest BCUT2D eigenvalue weighted by Crippen LogP contribution is -2.40. The molecule has 3 rings (SSSR count). The van der Waals surface area contributed by atoms with E-state index in [9.17, 15) is 4.79 Å². The maximum Gasteiger partial charge on any atom is 0.274 e. The first kappa shape index (κ1) is 14.1. The SMILES string of the molecule is CCC1c2ccsc2CCN1C(=O)c1c(N)cnn1CC. The Morgan fingerprint density at radius 1 is 1.52 bits per heavy atom. The number of hydrogen-bond donors (Lipinski definition) is 1. The highest BCUT2D eigenvalue weighted by Crippen LogP contribution is 2.36. The molecule has 0 aliphatic carbocycles. The largest absolute Gasteiger partial charge is 0.396 e. The number of aromatic nitrogens is 2. The molecule has 1 aliphatic heterocycles. The summed E-state index contributed by atoms with van der Waals surface area (Å²) < 4.78 is 1.69. The number of thiophene rings is 1. The minimum absolute atomic E-state index is 0.00412. The second kappa shape index (κ2) is 5.52. The Kier molecular flexibility index (Phi) is 3.71. The van der Waals surface area contributed by atoms with Gasteiger partial charge in [-0.2, -0.15) is 5.10 Å². The molecule has 1 atom stereocenters. The fraction of sp³-hybridized carbons (Fsp3) is 0.467. The van der Waals surface area contributed by atoms with E-state index in [2.05, 4.69) is 23.5 Å². The molecule has 0 spiro atoms. The van der Waals surface area contributed by atoms with Gasteiger partial charge in [0.05, 0.1) is 17.9 Å². The van der Waals surface area contributed by atoms with Gasteiger partial charge in [-0.25, -0.2) is 0 Å². The molecule has 2 N–H and O–H groups in total. The van der Waals surface area contributed by atoms with E-state index >= 15 is 0 Å². The van der Waals surface area contributed by atoms with Crippen LogP contribution in [-0.2, 0) is 13.0 Å². The zero-order valence-electron chi connectivity index (χ0n) is 12.4. The van der Waals surface area contributed by atoms with Crippen molar-refractivity contribution in [3.8, 4) is 0 Å². The molecule has 2 aromatic rings. The summed E-state index contributed by atoms with van der Waals surface area (Å²) in [5.74, 6) is -0.00412. The molecule has 0 saturated heterocycles. The van der Waals surface area contributed by atoms with Crippen LogP contribution in [0.15, 0.2) is 17.6 Å². The Morgan fingerprint density at radius 3 is 3.05 bits per heavy atom. The number of anilines is 1. The van der Waals surface area contributed by atoms with Gasteiger partial charge in [-0.15, -0.1) is 11.3 Å². The summed E-state index contributed by atoms with van der Waals surface area (Å²) in [6.07, 6.45) is 3.41. The van der Waals surface area contributed by atoms with Crippen LogP contribution in [0, 0.1) is 0 Å². The van der Waals surface area contributed by atoms with Crippen molar-refractivity contribution < 1.29 is 4.79 Å². The summed E-state index contributed by atoms with van der Waals surface area (Å²) in [6, 6.07) is 2.29. The number of rotatable bonds is 3. The standard InChI is InChI=1S/C15H20N4OS/c1-3-12-10-6-8-21-13(10)5-7-18(12)15(20)14-11(16)9-17-19(14)4-2/h6,8-9,12H,3-5,7,16H2,1-2H3. The molecule has 0 radical (unpaired) electrons.